The molecule has 0 spiro atoms. The summed E-state index contributed by atoms with van der Waals surface area (Å²) in [7, 11) is -3.03. The number of hydrogen-bond acceptors (Lipinski definition) is 3. The number of hydrogen-bond donors (Lipinski definition) is 2. The van der Waals surface area contributed by atoms with Crippen LogP contribution in [0.15, 0.2) is 0 Å². The van der Waals surface area contributed by atoms with Crippen LogP contribution in [0, 0.1) is 0 Å². The standard InChI is InChI=1S/C8H16N2O2S/c9-8(4-1-5-8)6-10-13(11,12)7-2-3-7/h7,10H,1-6,9H2. The topological polar surface area (TPSA) is 72.2 Å². The van der Waals surface area contributed by atoms with Crippen molar-refractivity contribution in [1.29, 1.82) is 0 Å². The summed E-state index contributed by atoms with van der Waals surface area (Å²) in [4.78, 5) is 0. The van der Waals surface area contributed by atoms with Crippen molar-refractivity contribution < 1.29 is 8.42 Å². The Labute approximate surface area is 78.9 Å². The van der Waals surface area contributed by atoms with Crippen molar-refractivity contribution in [1.82, 2.24) is 4.72 Å². The monoisotopic (exact) mass is 204 g/mol. The van der Waals surface area contributed by atoms with Gasteiger partial charge in [-0.2, -0.15) is 0 Å². The van der Waals surface area contributed by atoms with E-state index in [1.165, 1.54) is 0 Å². The summed E-state index contributed by atoms with van der Waals surface area (Å²) in [5.41, 5.74) is 5.66. The van der Waals surface area contributed by atoms with E-state index in [0.29, 0.717) is 6.54 Å². The van der Waals surface area contributed by atoms with Gasteiger partial charge in [0.2, 0.25) is 10.0 Å². The Bertz CT molecular complexity index is 291. The molecule has 0 atom stereocenters. The molecule has 76 valence electrons. The smallest absolute Gasteiger partial charge is 0.214 e. The van der Waals surface area contributed by atoms with E-state index in [2.05, 4.69) is 4.72 Å². The van der Waals surface area contributed by atoms with Gasteiger partial charge < -0.3 is 5.73 Å². The van der Waals surface area contributed by atoms with Crippen molar-refractivity contribution in [2.24, 2.45) is 5.73 Å². The van der Waals surface area contributed by atoms with Crippen molar-refractivity contribution >= 4 is 10.0 Å². The van der Waals surface area contributed by atoms with Crippen LogP contribution in [0.5, 0.6) is 0 Å². The van der Waals surface area contributed by atoms with Gasteiger partial charge in [-0.25, -0.2) is 13.1 Å². The lowest BCUT2D eigenvalue weighted by molar-refractivity contribution is 0.251. The minimum atomic E-state index is -3.03. The second-order valence-electron chi connectivity index (χ2n) is 4.28. The molecule has 0 radical (unpaired) electrons. The lowest BCUT2D eigenvalue weighted by Gasteiger charge is -2.38. The molecule has 0 amide bonds. The molecule has 2 aliphatic rings. The third kappa shape index (κ3) is 2.03. The lowest BCUT2D eigenvalue weighted by atomic mass is 9.78. The van der Waals surface area contributed by atoms with Gasteiger partial charge in [-0.05, 0) is 32.1 Å². The maximum Gasteiger partial charge on any atom is 0.214 e. The first-order valence-corrected chi connectivity index (χ1v) is 6.34. The summed E-state index contributed by atoms with van der Waals surface area (Å²) in [6.07, 6.45) is 4.64. The first-order chi connectivity index (χ1) is 6.02. The zero-order valence-electron chi connectivity index (χ0n) is 7.62. The third-order valence-electron chi connectivity index (χ3n) is 2.94. The Morgan fingerprint density at radius 1 is 1.38 bits per heavy atom. The number of sulfonamides is 1. The zero-order chi connectivity index (χ0) is 9.53. The molecule has 0 heterocycles. The van der Waals surface area contributed by atoms with E-state index in [4.69, 9.17) is 5.73 Å². The highest BCUT2D eigenvalue weighted by Gasteiger charge is 2.39. The average molecular weight is 204 g/mol. The van der Waals surface area contributed by atoms with E-state index in [1.54, 1.807) is 0 Å². The van der Waals surface area contributed by atoms with Crippen LogP contribution >= 0.6 is 0 Å². The summed E-state index contributed by atoms with van der Waals surface area (Å²) in [6.45, 7) is 0.422. The SMILES string of the molecule is NC1(CNS(=O)(=O)C2CC2)CCC1. The molecule has 13 heavy (non-hydrogen) atoms. The van der Waals surface area contributed by atoms with E-state index in [-0.39, 0.29) is 10.8 Å². The molecule has 0 aromatic heterocycles. The van der Waals surface area contributed by atoms with Gasteiger partial charge in [0, 0.05) is 12.1 Å². The van der Waals surface area contributed by atoms with Crippen LogP contribution in [0.1, 0.15) is 32.1 Å². The minimum absolute atomic E-state index is 0.129. The summed E-state index contributed by atoms with van der Waals surface area (Å²) < 4.78 is 25.4. The van der Waals surface area contributed by atoms with Crippen LogP contribution in [0.4, 0.5) is 0 Å². The Morgan fingerprint density at radius 2 is 2.00 bits per heavy atom. The van der Waals surface area contributed by atoms with E-state index in [0.717, 1.165) is 32.1 Å². The number of nitrogens with two attached hydrogens (primary N) is 1. The minimum Gasteiger partial charge on any atom is -0.324 e. The Kier molecular flexibility index (Phi) is 2.13. The van der Waals surface area contributed by atoms with E-state index in [9.17, 15) is 8.42 Å². The van der Waals surface area contributed by atoms with Crippen LogP contribution in [0.2, 0.25) is 0 Å². The third-order valence-corrected chi connectivity index (χ3v) is 4.83. The van der Waals surface area contributed by atoms with Gasteiger partial charge in [-0.1, -0.05) is 0 Å². The fourth-order valence-corrected chi connectivity index (χ4v) is 3.03. The first kappa shape index (κ1) is 9.43. The molecule has 0 unspecified atom stereocenters. The largest absolute Gasteiger partial charge is 0.324 e. The summed E-state index contributed by atoms with van der Waals surface area (Å²) in [5, 5.41) is -0.129. The molecule has 0 aromatic carbocycles. The van der Waals surface area contributed by atoms with Crippen LogP contribution < -0.4 is 10.5 Å². The van der Waals surface area contributed by atoms with E-state index in [1.807, 2.05) is 0 Å². The van der Waals surface area contributed by atoms with Gasteiger partial charge in [0.05, 0.1) is 5.25 Å². The van der Waals surface area contributed by atoms with Crippen molar-refractivity contribution in [3.63, 3.8) is 0 Å². The van der Waals surface area contributed by atoms with Gasteiger partial charge in [-0.15, -0.1) is 0 Å². The molecule has 3 N–H and O–H groups in total. The average Bonchev–Trinajstić information content (AvgIpc) is 2.79. The van der Waals surface area contributed by atoms with Gasteiger partial charge in [0.1, 0.15) is 0 Å². The van der Waals surface area contributed by atoms with Gasteiger partial charge in [-0.3, -0.25) is 0 Å². The Morgan fingerprint density at radius 3 is 2.38 bits per heavy atom. The molecule has 0 aliphatic heterocycles. The second kappa shape index (κ2) is 2.93. The predicted molar refractivity (Wildman–Crippen MR) is 50.7 cm³/mol. The molecule has 5 heteroatoms. The first-order valence-electron chi connectivity index (χ1n) is 4.79. The van der Waals surface area contributed by atoms with Gasteiger partial charge >= 0.3 is 0 Å². The highest BCUT2D eigenvalue weighted by Crippen LogP contribution is 2.30. The summed E-state index contributed by atoms with van der Waals surface area (Å²) >= 11 is 0. The highest BCUT2D eigenvalue weighted by molar-refractivity contribution is 7.90. The van der Waals surface area contributed by atoms with Crippen LogP contribution in [0.3, 0.4) is 0 Å². The molecule has 2 fully saturated rings. The molecular formula is C8H16N2O2S. The molecule has 2 aliphatic carbocycles. The second-order valence-corrected chi connectivity index (χ2v) is 6.33. The fourth-order valence-electron chi connectivity index (χ4n) is 1.55. The van der Waals surface area contributed by atoms with Crippen LogP contribution in [-0.2, 0) is 10.0 Å². The van der Waals surface area contributed by atoms with E-state index >= 15 is 0 Å². The highest BCUT2D eigenvalue weighted by atomic mass is 32.2. The molecule has 0 aromatic rings. The summed E-state index contributed by atoms with van der Waals surface area (Å²) in [6, 6.07) is 0. The van der Waals surface area contributed by atoms with Crippen molar-refractivity contribution in [2.45, 2.75) is 42.9 Å². The maximum absolute atomic E-state index is 11.4. The predicted octanol–water partition coefficient (Wildman–Crippen LogP) is -0.0504. The Balaban J connectivity index is 1.84. The number of nitrogens with one attached hydrogen (secondary N) is 1. The molecule has 0 bridgehead atoms. The molecular weight excluding hydrogens is 188 g/mol. The summed E-state index contributed by atoms with van der Waals surface area (Å²) in [5.74, 6) is 0. The molecule has 2 saturated carbocycles. The molecule has 0 saturated heterocycles. The quantitative estimate of drug-likeness (QED) is 0.674. The molecule has 4 nitrogen and oxygen atoms in total. The van der Waals surface area contributed by atoms with Gasteiger partial charge in [0.15, 0.2) is 0 Å². The van der Waals surface area contributed by atoms with Crippen molar-refractivity contribution in [2.75, 3.05) is 6.54 Å². The normalized spacial score (nSPS) is 26.8. The van der Waals surface area contributed by atoms with Crippen LogP contribution in [-0.4, -0.2) is 25.8 Å². The van der Waals surface area contributed by atoms with Crippen molar-refractivity contribution in [3.05, 3.63) is 0 Å². The fraction of sp³-hybridized carbons (Fsp3) is 1.00. The van der Waals surface area contributed by atoms with Crippen molar-refractivity contribution in [3.8, 4) is 0 Å². The molecule has 2 rings (SSSR count). The lowest BCUT2D eigenvalue weighted by Crippen LogP contribution is -2.55. The van der Waals surface area contributed by atoms with Gasteiger partial charge in [0.25, 0.3) is 0 Å². The maximum atomic E-state index is 11.4. The Hall–Kier alpha value is -0.130. The zero-order valence-corrected chi connectivity index (χ0v) is 8.44. The number of rotatable bonds is 4. The van der Waals surface area contributed by atoms with E-state index < -0.39 is 10.0 Å². The van der Waals surface area contributed by atoms with Crippen LogP contribution in [0.25, 0.3) is 0 Å².